The topological polar surface area (TPSA) is 329 Å². The van der Waals surface area contributed by atoms with E-state index in [1.54, 1.807) is 79.9 Å². The van der Waals surface area contributed by atoms with E-state index in [9.17, 15) is 9.59 Å². The van der Waals surface area contributed by atoms with Gasteiger partial charge in [-0.1, -0.05) is 75.9 Å². The van der Waals surface area contributed by atoms with E-state index in [2.05, 4.69) is 104 Å². The minimum absolute atomic E-state index is 0. The molecule has 6 N–H and O–H groups in total. The predicted octanol–water partition coefficient (Wildman–Crippen LogP) is 6.49. The normalized spacial score (nSPS) is 12.2. The maximum Gasteiger partial charge on any atom is 1.00 e. The van der Waals surface area contributed by atoms with Crippen molar-refractivity contribution in [3.63, 3.8) is 0 Å². The second kappa shape index (κ2) is 39.1. The summed E-state index contributed by atoms with van der Waals surface area (Å²) < 4.78 is 34.1. The zero-order chi connectivity index (χ0) is 59.5. The quantitative estimate of drug-likeness (QED) is 0.0104. The average Bonchev–Trinajstić information content (AvgIpc) is 4.32. The van der Waals surface area contributed by atoms with Crippen LogP contribution >= 0.6 is 98.5 Å². The van der Waals surface area contributed by atoms with Gasteiger partial charge in [-0.15, -0.1) is 0 Å². The Morgan fingerprint density at radius 1 is 0.698 bits per heavy atom. The van der Waals surface area contributed by atoms with Crippen LogP contribution in [0.25, 0.3) is 32.9 Å². The first-order valence-electron chi connectivity index (χ1n) is 22.9. The van der Waals surface area contributed by atoms with E-state index in [-0.39, 0.29) is 172 Å². The molecule has 32 heteroatoms. The van der Waals surface area contributed by atoms with Gasteiger partial charge in [0, 0.05) is 49.4 Å². The molecule has 0 bridgehead atoms. The van der Waals surface area contributed by atoms with Gasteiger partial charge >= 0.3 is 103 Å². The molecule has 0 spiro atoms. The van der Waals surface area contributed by atoms with Crippen molar-refractivity contribution in [1.29, 1.82) is 0 Å². The van der Waals surface area contributed by atoms with E-state index in [4.69, 9.17) is 98.7 Å². The third-order valence-corrected chi connectivity index (χ3v) is 13.5. The van der Waals surface area contributed by atoms with Crippen LogP contribution in [0.15, 0.2) is 151 Å². The van der Waals surface area contributed by atoms with E-state index < -0.39 is 0 Å². The molecule has 0 amide bonds. The van der Waals surface area contributed by atoms with Gasteiger partial charge in [0.25, 0.3) is 6.47 Å². The zero-order valence-electron chi connectivity index (χ0n) is 45.4. The molecule has 0 saturated heterocycles. The second-order valence-electron chi connectivity index (χ2n) is 15.8. The van der Waals surface area contributed by atoms with Crippen molar-refractivity contribution in [2.45, 2.75) is 20.9 Å². The number of benzene rings is 3. The molecule has 1 unspecified atom stereocenters. The SMILES string of the molecule is C.C.COc1nc(/C(N)=N/O)ccc1Br.COc1nc(/C(N)=N/OCC(=O)c2cc3ccc(Cl)cc3o2)ccc1Br.COc1nc(C2=NC(c3cc4ccc(Cl)cc4o3)CON2)ccc1Br.O=C(CBr)c1cc2ccc(Cl)cc2o1.O=CO[O-].[H-].[K+].[K+]. The van der Waals surface area contributed by atoms with Crippen LogP contribution in [0, 0.1) is 0 Å². The largest absolute Gasteiger partial charge is 1.00 e. The van der Waals surface area contributed by atoms with Crippen LogP contribution in [0.5, 0.6) is 17.6 Å². The summed E-state index contributed by atoms with van der Waals surface area (Å²) in [4.78, 5) is 62.4. The Kier molecular flexibility index (Phi) is 35.5. The van der Waals surface area contributed by atoms with Crippen LogP contribution in [0.3, 0.4) is 0 Å². The number of oxime groups is 2. The number of fused-ring (bicyclic) bond motifs is 3. The Hall–Kier alpha value is -4.07. The number of halogens is 7. The summed E-state index contributed by atoms with van der Waals surface area (Å²) in [5.41, 5.74) is 17.2. The fourth-order valence-corrected chi connectivity index (χ4v) is 8.57. The van der Waals surface area contributed by atoms with Gasteiger partial charge in [-0.05, 0) is 139 Å². The number of furan rings is 3. The molecule has 23 nitrogen and oxygen atoms in total. The smallest absolute Gasteiger partial charge is 1.00 e. The third kappa shape index (κ3) is 22.5. The minimum Gasteiger partial charge on any atom is -1.00 e. The molecule has 6 aromatic heterocycles. The first-order chi connectivity index (χ1) is 39.4. The number of amidine groups is 3. The number of ether oxygens (including phenoxy) is 3. The molecule has 7 heterocycles. The first-order valence-corrected chi connectivity index (χ1v) is 27.5. The van der Waals surface area contributed by atoms with Crippen LogP contribution in [-0.4, -0.2) is 95.6 Å². The summed E-state index contributed by atoms with van der Waals surface area (Å²) in [6.45, 7) is -0.160. The van der Waals surface area contributed by atoms with Gasteiger partial charge in [0.05, 0.1) is 40.1 Å². The number of pyridine rings is 3. The number of methoxy groups -OCH3 is 3. The summed E-state index contributed by atoms with van der Waals surface area (Å²) in [5, 5.41) is 28.0. The second-order valence-corrected chi connectivity index (χ2v) is 20.2. The van der Waals surface area contributed by atoms with E-state index in [0.717, 1.165) is 26.2 Å². The Morgan fingerprint density at radius 2 is 1.14 bits per heavy atom. The van der Waals surface area contributed by atoms with E-state index in [1.807, 2.05) is 36.4 Å². The van der Waals surface area contributed by atoms with Gasteiger partial charge in [0.15, 0.2) is 35.6 Å². The van der Waals surface area contributed by atoms with Gasteiger partial charge in [-0.2, -0.15) is 0 Å². The Morgan fingerprint density at radius 3 is 1.60 bits per heavy atom. The van der Waals surface area contributed by atoms with Crippen molar-refractivity contribution in [1.82, 2.24) is 20.4 Å². The van der Waals surface area contributed by atoms with Crippen molar-refractivity contribution < 1.29 is 171 Å². The standard InChI is InChI=1S/C17H13BrClN3O4.C17H13BrClN3O3.C10H6BrClO2.C7H8BrN3O2.CH2O3.2CH4.2K.H/c1-24-17-11(18)4-5-12(21-17)16(20)22-25-8-13(23)15-6-9-2-3-10(19)7-14(9)26-15;1-23-17-11(18)4-5-12(21-17)16-20-13(8-24-22-16)15-6-9-2-3-10(19)7-14(9)25-15;11-5-8(13)10-3-6-1-2-7(12)4-9(6)14-10;1-13-7-4(8)2-3-5(10-7)6(9)11-12;2-1-4-3;;;;;/h2-7H,8H2,1H3,(H2,20,22);2-7,13H,8H2,1H3,(H,20,22);1-4H,5H2;2-3,12H,1H3,(H2,9,11);1,3H;2*1H4;;;/q;;;;;;;2*+1;-1/p-1. The van der Waals surface area contributed by atoms with E-state index >= 15 is 0 Å². The molecule has 3 aromatic carbocycles. The van der Waals surface area contributed by atoms with Crippen molar-refractivity contribution in [2.75, 3.05) is 39.9 Å². The Bertz CT molecular complexity index is 3830. The number of nitrogens with zero attached hydrogens (tertiary/aromatic N) is 6. The molecule has 1 atom stereocenters. The number of hydrogen-bond acceptors (Lipinski definition) is 21. The maximum atomic E-state index is 12.2. The van der Waals surface area contributed by atoms with Gasteiger partial charge in [-0.3, -0.25) is 24.2 Å². The van der Waals surface area contributed by atoms with Crippen molar-refractivity contribution in [3.05, 3.63) is 172 Å². The third-order valence-electron chi connectivity index (χ3n) is 10.5. The summed E-state index contributed by atoms with van der Waals surface area (Å²) in [6.07, 6.45) is 0. The summed E-state index contributed by atoms with van der Waals surface area (Å²) in [6, 6.07) is 31.3. The maximum absolute atomic E-state index is 12.2. The van der Waals surface area contributed by atoms with Crippen LogP contribution in [0.2, 0.25) is 15.1 Å². The molecule has 1 aliphatic heterocycles. The molecular weight excluding hydrogens is 1500 g/mol. The van der Waals surface area contributed by atoms with Gasteiger partial charge < -0.3 is 60.5 Å². The number of Topliss-reactive ketones (excluding diaryl/α,β-unsaturated/α-hetero) is 2. The fourth-order valence-electron chi connectivity index (χ4n) is 6.66. The average molecular weight is 1550 g/mol. The molecule has 1 aliphatic rings. The monoisotopic (exact) mass is 1550 g/mol. The molecule has 0 fully saturated rings. The number of hydrogen-bond donors (Lipinski definition) is 4. The summed E-state index contributed by atoms with van der Waals surface area (Å²) in [5.74, 6) is 2.47. The van der Waals surface area contributed by atoms with Crippen molar-refractivity contribution >= 4 is 167 Å². The number of hydroxylamine groups is 1. The molecule has 9 aromatic rings. The molecule has 0 aliphatic carbocycles. The Balaban J connectivity index is 0.000000578. The van der Waals surface area contributed by atoms with Gasteiger partial charge in [0.2, 0.25) is 29.2 Å². The van der Waals surface area contributed by atoms with Crippen molar-refractivity contribution in [3.8, 4) is 17.6 Å². The number of ketones is 2. The summed E-state index contributed by atoms with van der Waals surface area (Å²) >= 11 is 30.7. The number of alkyl halides is 1. The molecule has 446 valence electrons. The zero-order valence-corrected chi connectivity index (χ0v) is 59.3. The van der Waals surface area contributed by atoms with E-state index in [1.165, 1.54) is 14.2 Å². The predicted molar refractivity (Wildman–Crippen MR) is 331 cm³/mol. The van der Waals surface area contributed by atoms with Gasteiger partial charge in [-0.25, -0.2) is 20.4 Å². The number of aromatic nitrogens is 3. The fraction of sp³-hybridized carbons (Fsp3) is 0.167. The molecule has 86 heavy (non-hydrogen) atoms. The number of nitrogens with one attached hydrogen (secondary N) is 1. The molecule has 10 rings (SSSR count). The molecular formula is C54H50Br4Cl3K2N9O14. The van der Waals surface area contributed by atoms with Crippen LogP contribution in [-0.2, 0) is 19.4 Å². The Labute approximate surface area is 626 Å². The molecule has 0 radical (unpaired) electrons. The van der Waals surface area contributed by atoms with Crippen LogP contribution in [0.1, 0.15) is 66.3 Å². The van der Waals surface area contributed by atoms with Crippen molar-refractivity contribution in [2.24, 2.45) is 26.8 Å². The van der Waals surface area contributed by atoms with Gasteiger partial charge in [0.1, 0.15) is 52.2 Å². The number of nitrogens with two attached hydrogens (primary N) is 2. The van der Waals surface area contributed by atoms with Crippen LogP contribution in [0.4, 0.5) is 0 Å². The molecule has 0 saturated carbocycles. The van der Waals surface area contributed by atoms with E-state index in [0.29, 0.717) is 93.9 Å². The summed E-state index contributed by atoms with van der Waals surface area (Å²) in [7, 11) is 4.54. The number of carbonyl (C=O) groups excluding carboxylic acids is 3. The minimum atomic E-state index is -0.379. The van der Waals surface area contributed by atoms with Crippen LogP contribution < -0.4 is 139 Å². The first kappa shape index (κ1) is 78.0. The number of aliphatic imine (C=N–C) groups is 1. The number of rotatable bonds is 14. The number of carbonyl (C=O) groups is 3.